The summed E-state index contributed by atoms with van der Waals surface area (Å²) in [6.07, 6.45) is 1.58. The molecule has 134 valence electrons. The molecule has 0 unspecified atom stereocenters. The summed E-state index contributed by atoms with van der Waals surface area (Å²) in [7, 11) is 1.56. The average molecular weight is 344 g/mol. The number of fused-ring (bicyclic) bond motifs is 1. The van der Waals surface area contributed by atoms with Gasteiger partial charge < -0.3 is 15.0 Å². The maximum atomic E-state index is 12.6. The molecule has 0 aliphatic carbocycles. The highest BCUT2D eigenvalue weighted by atomic mass is 16.5. The smallest absolute Gasteiger partial charge is 0.242 e. The third-order valence-corrected chi connectivity index (χ3v) is 5.26. The van der Waals surface area contributed by atoms with Crippen molar-refractivity contribution in [1.29, 1.82) is 0 Å². The van der Waals surface area contributed by atoms with Gasteiger partial charge >= 0.3 is 0 Å². The number of nitrogens with zero attached hydrogens (tertiary/aromatic N) is 1. The summed E-state index contributed by atoms with van der Waals surface area (Å²) in [6.45, 7) is 4.07. The second-order valence-corrected chi connectivity index (χ2v) is 7.01. The number of hydrogen-bond donors (Lipinski definition) is 1. The van der Waals surface area contributed by atoms with E-state index in [1.165, 1.54) is 0 Å². The third-order valence-electron chi connectivity index (χ3n) is 5.26. The van der Waals surface area contributed by atoms with Gasteiger partial charge in [0.15, 0.2) is 5.78 Å². The van der Waals surface area contributed by atoms with E-state index in [0.29, 0.717) is 30.7 Å². The van der Waals surface area contributed by atoms with Crippen molar-refractivity contribution in [1.82, 2.24) is 10.2 Å². The van der Waals surface area contributed by atoms with Crippen LogP contribution in [-0.2, 0) is 9.59 Å². The molecule has 0 radical (unpaired) electrons. The van der Waals surface area contributed by atoms with E-state index >= 15 is 0 Å². The number of carbonyl (C=O) groups is 3. The Morgan fingerprint density at radius 1 is 1.32 bits per heavy atom. The molecule has 2 aliphatic heterocycles. The van der Waals surface area contributed by atoms with Gasteiger partial charge in [0.05, 0.1) is 12.0 Å². The Bertz CT molecular complexity index is 730. The first-order valence-electron chi connectivity index (χ1n) is 8.69. The van der Waals surface area contributed by atoms with Crippen molar-refractivity contribution < 1.29 is 19.1 Å². The van der Waals surface area contributed by atoms with Crippen LogP contribution in [0.5, 0.6) is 5.75 Å². The number of benzene rings is 1. The normalized spacial score (nSPS) is 24.4. The van der Waals surface area contributed by atoms with E-state index in [-0.39, 0.29) is 30.4 Å². The monoisotopic (exact) mass is 344 g/mol. The maximum absolute atomic E-state index is 12.6. The highest BCUT2D eigenvalue weighted by Crippen LogP contribution is 2.40. The number of nitrogens with one attached hydrogen (secondary N) is 1. The van der Waals surface area contributed by atoms with E-state index in [2.05, 4.69) is 5.32 Å². The SMILES string of the molecule is CNC(=O)[C@H](C)N1CC[C@@]2(CCC1=O)CC(=O)c1cc(C)ccc1O2. The van der Waals surface area contributed by atoms with Gasteiger partial charge in [-0.1, -0.05) is 11.6 Å². The van der Waals surface area contributed by atoms with Gasteiger partial charge in [-0.15, -0.1) is 0 Å². The first-order chi connectivity index (χ1) is 11.8. The summed E-state index contributed by atoms with van der Waals surface area (Å²) >= 11 is 0. The van der Waals surface area contributed by atoms with Crippen LogP contribution in [0.25, 0.3) is 0 Å². The molecule has 0 aromatic heterocycles. The first-order valence-corrected chi connectivity index (χ1v) is 8.69. The van der Waals surface area contributed by atoms with E-state index in [4.69, 9.17) is 4.74 Å². The van der Waals surface area contributed by atoms with Gasteiger partial charge in [-0.25, -0.2) is 0 Å². The van der Waals surface area contributed by atoms with E-state index < -0.39 is 11.6 Å². The highest BCUT2D eigenvalue weighted by Gasteiger charge is 2.44. The lowest BCUT2D eigenvalue weighted by Gasteiger charge is -2.37. The molecule has 1 aromatic rings. The van der Waals surface area contributed by atoms with E-state index in [1.807, 2.05) is 25.1 Å². The third kappa shape index (κ3) is 3.25. The van der Waals surface area contributed by atoms with Crippen LogP contribution in [-0.4, -0.2) is 47.7 Å². The van der Waals surface area contributed by atoms with Gasteiger partial charge in [-0.3, -0.25) is 14.4 Å². The zero-order valence-electron chi connectivity index (χ0n) is 14.9. The minimum atomic E-state index is -0.661. The topological polar surface area (TPSA) is 75.7 Å². The molecule has 25 heavy (non-hydrogen) atoms. The van der Waals surface area contributed by atoms with Crippen LogP contribution in [0.15, 0.2) is 18.2 Å². The molecule has 1 saturated heterocycles. The zero-order chi connectivity index (χ0) is 18.2. The Kier molecular flexibility index (Phi) is 4.54. The lowest BCUT2D eigenvalue weighted by Crippen LogP contribution is -2.48. The van der Waals surface area contributed by atoms with Gasteiger partial charge in [0, 0.05) is 26.4 Å². The minimum Gasteiger partial charge on any atom is -0.486 e. The Morgan fingerprint density at radius 2 is 2.08 bits per heavy atom. The van der Waals surface area contributed by atoms with Crippen LogP contribution in [0.4, 0.5) is 0 Å². The summed E-state index contributed by atoms with van der Waals surface area (Å²) < 4.78 is 6.23. The van der Waals surface area contributed by atoms with Crippen LogP contribution < -0.4 is 10.1 Å². The number of aryl methyl sites for hydroxylation is 1. The first kappa shape index (κ1) is 17.5. The Balaban J connectivity index is 1.83. The van der Waals surface area contributed by atoms with Gasteiger partial charge in [-0.05, 0) is 32.4 Å². The molecule has 1 N–H and O–H groups in total. The van der Waals surface area contributed by atoms with Crippen molar-refractivity contribution in [3.8, 4) is 5.75 Å². The molecule has 2 aliphatic rings. The lowest BCUT2D eigenvalue weighted by atomic mass is 9.84. The quantitative estimate of drug-likeness (QED) is 0.888. The van der Waals surface area contributed by atoms with Gasteiger partial charge in [0.2, 0.25) is 11.8 Å². The van der Waals surface area contributed by atoms with Crippen LogP contribution >= 0.6 is 0 Å². The molecule has 0 saturated carbocycles. The molecule has 1 spiro atoms. The minimum absolute atomic E-state index is 0.0604. The van der Waals surface area contributed by atoms with Gasteiger partial charge in [0.25, 0.3) is 0 Å². The molecular weight excluding hydrogens is 320 g/mol. The largest absolute Gasteiger partial charge is 0.486 e. The Hall–Kier alpha value is -2.37. The van der Waals surface area contributed by atoms with E-state index in [0.717, 1.165) is 5.56 Å². The van der Waals surface area contributed by atoms with E-state index in [1.54, 1.807) is 18.9 Å². The molecule has 1 aromatic carbocycles. The second-order valence-electron chi connectivity index (χ2n) is 7.01. The predicted molar refractivity (Wildman–Crippen MR) is 92.6 cm³/mol. The van der Waals surface area contributed by atoms with Crippen molar-refractivity contribution in [3.63, 3.8) is 0 Å². The molecule has 1 fully saturated rings. The number of carbonyl (C=O) groups excluding carboxylic acids is 3. The maximum Gasteiger partial charge on any atom is 0.242 e. The van der Waals surface area contributed by atoms with Gasteiger partial charge in [0.1, 0.15) is 17.4 Å². The highest BCUT2D eigenvalue weighted by molar-refractivity contribution is 6.00. The summed E-state index contributed by atoms with van der Waals surface area (Å²) in [5.74, 6) is 0.400. The number of ether oxygens (including phenoxy) is 1. The number of hydrogen-bond acceptors (Lipinski definition) is 4. The fourth-order valence-corrected chi connectivity index (χ4v) is 3.70. The van der Waals surface area contributed by atoms with Crippen molar-refractivity contribution in [3.05, 3.63) is 29.3 Å². The van der Waals surface area contributed by atoms with Crippen molar-refractivity contribution >= 4 is 17.6 Å². The number of likely N-dealkylation sites (tertiary alicyclic amines) is 1. The molecule has 6 heteroatoms. The van der Waals surface area contributed by atoms with Crippen LogP contribution in [0.2, 0.25) is 0 Å². The van der Waals surface area contributed by atoms with Gasteiger partial charge in [-0.2, -0.15) is 0 Å². The molecule has 2 atom stereocenters. The van der Waals surface area contributed by atoms with Crippen molar-refractivity contribution in [2.45, 2.75) is 51.2 Å². The lowest BCUT2D eigenvalue weighted by molar-refractivity contribution is -0.139. The summed E-state index contributed by atoms with van der Waals surface area (Å²) in [6, 6.07) is 5.09. The fourth-order valence-electron chi connectivity index (χ4n) is 3.70. The molecule has 3 rings (SSSR count). The number of rotatable bonds is 2. The number of ketones is 1. The van der Waals surface area contributed by atoms with Crippen LogP contribution in [0.1, 0.15) is 48.5 Å². The second kappa shape index (κ2) is 6.50. The number of amides is 2. The van der Waals surface area contributed by atoms with Crippen molar-refractivity contribution in [2.75, 3.05) is 13.6 Å². The summed E-state index contributed by atoms with van der Waals surface area (Å²) in [5, 5.41) is 2.58. The summed E-state index contributed by atoms with van der Waals surface area (Å²) in [5.41, 5.74) is 0.983. The zero-order valence-corrected chi connectivity index (χ0v) is 14.9. The molecule has 2 heterocycles. The number of Topliss-reactive ketones (excluding diaryl/α,β-unsaturated/α-hetero) is 1. The van der Waals surface area contributed by atoms with Crippen LogP contribution in [0, 0.1) is 6.92 Å². The molecule has 2 amide bonds. The molecular formula is C19H24N2O4. The standard InChI is InChI=1S/C19H24N2O4/c1-12-4-5-16-14(10-12)15(22)11-19(25-16)7-6-17(23)21(9-8-19)13(2)18(24)20-3/h4-5,10,13H,6-9,11H2,1-3H3,(H,20,24)/t13-,19-/m0/s1. The molecule has 0 bridgehead atoms. The average Bonchev–Trinajstić information content (AvgIpc) is 2.74. The van der Waals surface area contributed by atoms with Crippen LogP contribution in [0.3, 0.4) is 0 Å². The fraction of sp³-hybridized carbons (Fsp3) is 0.526. The Labute approximate surface area is 147 Å². The van der Waals surface area contributed by atoms with Crippen molar-refractivity contribution in [2.24, 2.45) is 0 Å². The summed E-state index contributed by atoms with van der Waals surface area (Å²) in [4.78, 5) is 38.6. The predicted octanol–water partition coefficient (Wildman–Crippen LogP) is 1.85. The molecule has 6 nitrogen and oxygen atoms in total. The number of likely N-dealkylation sites (N-methyl/N-ethyl adjacent to an activating group) is 1. The Morgan fingerprint density at radius 3 is 2.80 bits per heavy atom. The van der Waals surface area contributed by atoms with E-state index in [9.17, 15) is 14.4 Å².